The van der Waals surface area contributed by atoms with Crippen molar-refractivity contribution in [2.75, 3.05) is 20.1 Å². The number of nitrogens with two attached hydrogens (primary N) is 1. The van der Waals surface area contributed by atoms with Crippen LogP contribution in [0.15, 0.2) is 0 Å². The minimum Gasteiger partial charge on any atom is -0.329 e. The van der Waals surface area contributed by atoms with Crippen molar-refractivity contribution in [2.45, 2.75) is 18.6 Å². The molecule has 6 heteroatoms. The second kappa shape index (κ2) is 5.17. The highest BCUT2D eigenvalue weighted by Crippen LogP contribution is 2.08. The third kappa shape index (κ3) is 2.95. The van der Waals surface area contributed by atoms with Crippen molar-refractivity contribution in [1.82, 2.24) is 4.31 Å². The van der Waals surface area contributed by atoms with Crippen LogP contribution in [0.25, 0.3) is 0 Å². The third-order valence-corrected chi connectivity index (χ3v) is 3.96. The fourth-order valence-corrected chi connectivity index (χ4v) is 2.24. The predicted molar refractivity (Wildman–Crippen MR) is 50.3 cm³/mol. The molecule has 76 valence electrons. The topological polar surface area (TPSA) is 87.2 Å². The molecule has 0 aliphatic rings. The van der Waals surface area contributed by atoms with Gasteiger partial charge in [-0.15, -0.1) is 0 Å². The number of rotatable bonds is 5. The molecule has 0 bridgehead atoms. The minimum absolute atomic E-state index is 0.251. The van der Waals surface area contributed by atoms with E-state index < -0.39 is 15.3 Å². The van der Waals surface area contributed by atoms with Gasteiger partial charge in [-0.2, -0.15) is 5.26 Å². The zero-order valence-corrected chi connectivity index (χ0v) is 8.71. The number of sulfonamides is 1. The van der Waals surface area contributed by atoms with E-state index in [2.05, 4.69) is 0 Å². The molecule has 0 saturated carbocycles. The first kappa shape index (κ1) is 12.4. The van der Waals surface area contributed by atoms with E-state index in [1.807, 2.05) is 0 Å². The van der Waals surface area contributed by atoms with Gasteiger partial charge >= 0.3 is 0 Å². The van der Waals surface area contributed by atoms with Crippen LogP contribution in [0.2, 0.25) is 0 Å². The Bertz CT molecular complexity index is 281. The zero-order valence-electron chi connectivity index (χ0n) is 7.90. The van der Waals surface area contributed by atoms with Gasteiger partial charge in [-0.3, -0.25) is 0 Å². The number of hydrogen-bond donors (Lipinski definition) is 1. The Morgan fingerprint density at radius 1 is 1.62 bits per heavy atom. The highest BCUT2D eigenvalue weighted by Gasteiger charge is 2.27. The van der Waals surface area contributed by atoms with Gasteiger partial charge in [0.25, 0.3) is 0 Å². The van der Waals surface area contributed by atoms with Crippen molar-refractivity contribution in [2.24, 2.45) is 5.73 Å². The van der Waals surface area contributed by atoms with Crippen LogP contribution < -0.4 is 5.73 Å². The predicted octanol–water partition coefficient (Wildman–Crippen LogP) is -0.491. The van der Waals surface area contributed by atoms with Crippen LogP contribution in [0, 0.1) is 11.3 Å². The molecular formula is C7H15N3O2S. The van der Waals surface area contributed by atoms with Crippen LogP contribution in [0.3, 0.4) is 0 Å². The quantitative estimate of drug-likeness (QED) is 0.656. The van der Waals surface area contributed by atoms with E-state index in [0.717, 1.165) is 4.31 Å². The summed E-state index contributed by atoms with van der Waals surface area (Å²) in [4.78, 5) is 0. The summed E-state index contributed by atoms with van der Waals surface area (Å²) in [5, 5.41) is 7.64. The largest absolute Gasteiger partial charge is 0.329 e. The van der Waals surface area contributed by atoms with Crippen molar-refractivity contribution >= 4 is 10.0 Å². The summed E-state index contributed by atoms with van der Waals surface area (Å²) in [6, 6.07) is 1.76. The molecule has 1 atom stereocenters. The van der Waals surface area contributed by atoms with Crippen LogP contribution in [-0.2, 0) is 10.0 Å². The summed E-state index contributed by atoms with van der Waals surface area (Å²) in [6.07, 6.45) is 0.299. The van der Waals surface area contributed by atoms with Gasteiger partial charge in [0.2, 0.25) is 10.0 Å². The molecule has 13 heavy (non-hydrogen) atoms. The van der Waals surface area contributed by atoms with E-state index in [4.69, 9.17) is 11.0 Å². The highest BCUT2D eigenvalue weighted by molar-refractivity contribution is 7.89. The molecule has 0 radical (unpaired) electrons. The van der Waals surface area contributed by atoms with Crippen molar-refractivity contribution in [3.8, 4) is 6.07 Å². The number of hydrogen-bond acceptors (Lipinski definition) is 4. The Kier molecular flexibility index (Phi) is 4.91. The Balaban J connectivity index is 4.66. The SMILES string of the molecule is CCC(C#N)S(=O)(=O)N(C)CCN. The Hall–Kier alpha value is -0.640. The molecule has 0 aliphatic heterocycles. The van der Waals surface area contributed by atoms with Gasteiger partial charge in [-0.25, -0.2) is 12.7 Å². The maximum atomic E-state index is 11.5. The summed E-state index contributed by atoms with van der Waals surface area (Å²) < 4.78 is 24.2. The first-order valence-electron chi connectivity index (χ1n) is 4.05. The van der Waals surface area contributed by atoms with Crippen molar-refractivity contribution in [3.63, 3.8) is 0 Å². The van der Waals surface area contributed by atoms with E-state index in [1.54, 1.807) is 13.0 Å². The summed E-state index contributed by atoms with van der Waals surface area (Å²) in [6.45, 7) is 2.18. The van der Waals surface area contributed by atoms with E-state index >= 15 is 0 Å². The number of likely N-dealkylation sites (N-methyl/N-ethyl adjacent to an activating group) is 1. The van der Waals surface area contributed by atoms with Crippen molar-refractivity contribution < 1.29 is 8.42 Å². The molecule has 0 rings (SSSR count). The third-order valence-electron chi connectivity index (χ3n) is 1.75. The van der Waals surface area contributed by atoms with Gasteiger partial charge < -0.3 is 5.73 Å². The summed E-state index contributed by atoms with van der Waals surface area (Å²) in [5.41, 5.74) is 5.22. The monoisotopic (exact) mass is 205 g/mol. The highest BCUT2D eigenvalue weighted by atomic mass is 32.2. The van der Waals surface area contributed by atoms with Crippen molar-refractivity contribution in [1.29, 1.82) is 5.26 Å². The van der Waals surface area contributed by atoms with Crippen molar-refractivity contribution in [3.05, 3.63) is 0 Å². The minimum atomic E-state index is -3.47. The molecule has 0 amide bonds. The maximum absolute atomic E-state index is 11.5. The average Bonchev–Trinajstić information content (AvgIpc) is 2.06. The van der Waals surface area contributed by atoms with E-state index in [1.165, 1.54) is 7.05 Å². The molecule has 2 N–H and O–H groups in total. The van der Waals surface area contributed by atoms with Gasteiger partial charge in [-0.1, -0.05) is 6.92 Å². The van der Waals surface area contributed by atoms with Gasteiger partial charge in [0, 0.05) is 20.1 Å². The van der Waals surface area contributed by atoms with Gasteiger partial charge in [0.15, 0.2) is 5.25 Å². The molecule has 0 heterocycles. The van der Waals surface area contributed by atoms with Crippen LogP contribution in [0.1, 0.15) is 13.3 Å². The second-order valence-electron chi connectivity index (χ2n) is 2.68. The Morgan fingerprint density at radius 2 is 2.15 bits per heavy atom. The molecule has 0 saturated heterocycles. The van der Waals surface area contributed by atoms with Crippen LogP contribution in [-0.4, -0.2) is 38.1 Å². The van der Waals surface area contributed by atoms with Gasteiger partial charge in [0.1, 0.15) is 0 Å². The Morgan fingerprint density at radius 3 is 2.46 bits per heavy atom. The lowest BCUT2D eigenvalue weighted by molar-refractivity contribution is 0.470. The smallest absolute Gasteiger partial charge is 0.230 e. The summed E-state index contributed by atoms with van der Waals surface area (Å²) in [7, 11) is -2.04. The first-order chi connectivity index (χ1) is 6.00. The molecular weight excluding hydrogens is 190 g/mol. The standard InChI is InChI=1S/C7H15N3O2S/c1-3-7(6-9)13(11,12)10(2)5-4-8/h7H,3-5,8H2,1-2H3. The normalized spacial score (nSPS) is 14.1. The zero-order chi connectivity index (χ0) is 10.5. The van der Waals surface area contributed by atoms with Crippen LogP contribution >= 0.6 is 0 Å². The van der Waals surface area contributed by atoms with E-state index in [0.29, 0.717) is 6.42 Å². The molecule has 0 aromatic heterocycles. The lowest BCUT2D eigenvalue weighted by Crippen LogP contribution is -2.38. The fraction of sp³-hybridized carbons (Fsp3) is 0.857. The van der Waals surface area contributed by atoms with Gasteiger partial charge in [-0.05, 0) is 6.42 Å². The molecule has 0 spiro atoms. The molecule has 0 fully saturated rings. The molecule has 1 unspecified atom stereocenters. The average molecular weight is 205 g/mol. The summed E-state index contributed by atoms with van der Waals surface area (Å²) >= 11 is 0. The molecule has 0 aromatic carbocycles. The van der Waals surface area contributed by atoms with Crippen LogP contribution in [0.4, 0.5) is 0 Å². The molecule has 0 aliphatic carbocycles. The maximum Gasteiger partial charge on any atom is 0.230 e. The van der Waals surface area contributed by atoms with E-state index in [-0.39, 0.29) is 13.1 Å². The lowest BCUT2D eigenvalue weighted by atomic mass is 10.4. The van der Waals surface area contributed by atoms with E-state index in [9.17, 15) is 8.42 Å². The molecule has 5 nitrogen and oxygen atoms in total. The second-order valence-corrected chi connectivity index (χ2v) is 4.90. The van der Waals surface area contributed by atoms with Crippen LogP contribution in [0.5, 0.6) is 0 Å². The number of nitriles is 1. The fourth-order valence-electron chi connectivity index (χ4n) is 0.895. The van der Waals surface area contributed by atoms with Gasteiger partial charge in [0.05, 0.1) is 6.07 Å². The molecule has 0 aromatic rings. The number of nitrogens with zero attached hydrogens (tertiary/aromatic N) is 2. The summed E-state index contributed by atoms with van der Waals surface area (Å²) in [5.74, 6) is 0. The first-order valence-corrected chi connectivity index (χ1v) is 5.55. The Labute approximate surface area is 79.2 Å². The lowest BCUT2D eigenvalue weighted by Gasteiger charge is -2.18.